The van der Waals surface area contributed by atoms with Crippen LogP contribution in [-0.2, 0) is 0 Å². The third kappa shape index (κ3) is 4.84. The first-order valence-electron chi connectivity index (χ1n) is 8.32. The van der Waals surface area contributed by atoms with E-state index in [0.717, 1.165) is 29.6 Å². The molecule has 0 bridgehead atoms. The van der Waals surface area contributed by atoms with Crippen LogP contribution in [0.25, 0.3) is 0 Å². The van der Waals surface area contributed by atoms with Crippen LogP contribution < -0.4 is 0 Å². The Kier molecular flexibility index (Phi) is 7.85. The Morgan fingerprint density at radius 3 is 2.44 bits per heavy atom. The van der Waals surface area contributed by atoms with Crippen LogP contribution in [-0.4, -0.2) is 6.16 Å². The molecule has 18 heavy (non-hydrogen) atoms. The molecule has 1 aliphatic carbocycles. The lowest BCUT2D eigenvalue weighted by molar-refractivity contribution is 0.135. The average molecular weight is 270 g/mol. The fraction of sp³-hybridized carbons (Fsp3) is 1.00. The van der Waals surface area contributed by atoms with Crippen molar-refractivity contribution >= 4 is 9.24 Å². The van der Waals surface area contributed by atoms with Crippen molar-refractivity contribution in [3.63, 3.8) is 0 Å². The molecule has 1 fully saturated rings. The van der Waals surface area contributed by atoms with E-state index in [-0.39, 0.29) is 0 Å². The smallest absolute Gasteiger partial charge is 0.0378 e. The molecular weight excluding hydrogens is 235 g/mol. The van der Waals surface area contributed by atoms with Crippen molar-refractivity contribution in [1.82, 2.24) is 0 Å². The van der Waals surface area contributed by atoms with E-state index in [4.69, 9.17) is 0 Å². The molecule has 0 amide bonds. The second-order valence-electron chi connectivity index (χ2n) is 6.81. The van der Waals surface area contributed by atoms with Gasteiger partial charge in [-0.3, -0.25) is 0 Å². The molecule has 1 saturated carbocycles. The SMILES string of the molecule is CCC(CC1C[C@H](C)CC[C@@H]1CC)C(C)CCP. The van der Waals surface area contributed by atoms with Crippen LogP contribution in [0.1, 0.15) is 72.6 Å². The lowest BCUT2D eigenvalue weighted by atomic mass is 9.68. The molecule has 6 atom stereocenters. The molecular formula is C17H35P. The quantitative estimate of drug-likeness (QED) is 0.515. The third-order valence-corrected chi connectivity index (χ3v) is 5.82. The zero-order valence-corrected chi connectivity index (χ0v) is 14.3. The van der Waals surface area contributed by atoms with Crippen LogP contribution in [0.15, 0.2) is 0 Å². The molecule has 0 radical (unpaired) electrons. The first-order chi connectivity index (χ1) is 8.62. The number of hydrogen-bond donors (Lipinski definition) is 0. The van der Waals surface area contributed by atoms with Gasteiger partial charge in [-0.15, -0.1) is 9.24 Å². The molecule has 1 rings (SSSR count). The summed E-state index contributed by atoms with van der Waals surface area (Å²) < 4.78 is 0. The van der Waals surface area contributed by atoms with Crippen LogP contribution in [0.4, 0.5) is 0 Å². The van der Waals surface area contributed by atoms with Gasteiger partial charge in [0.05, 0.1) is 0 Å². The van der Waals surface area contributed by atoms with Crippen LogP contribution in [0.3, 0.4) is 0 Å². The van der Waals surface area contributed by atoms with Gasteiger partial charge in [0.25, 0.3) is 0 Å². The molecule has 0 aromatic rings. The Balaban J connectivity index is 2.54. The van der Waals surface area contributed by atoms with Crippen LogP contribution >= 0.6 is 9.24 Å². The molecule has 1 aliphatic rings. The van der Waals surface area contributed by atoms with Gasteiger partial charge < -0.3 is 0 Å². The maximum atomic E-state index is 2.90. The normalized spacial score (nSPS) is 32.2. The molecule has 0 nitrogen and oxygen atoms in total. The summed E-state index contributed by atoms with van der Waals surface area (Å²) in [5.74, 6) is 4.92. The Labute approximate surface area is 118 Å². The summed E-state index contributed by atoms with van der Waals surface area (Å²) in [6, 6.07) is 0. The maximum Gasteiger partial charge on any atom is -0.0378 e. The summed E-state index contributed by atoms with van der Waals surface area (Å²) in [4.78, 5) is 0. The van der Waals surface area contributed by atoms with Gasteiger partial charge >= 0.3 is 0 Å². The summed E-state index contributed by atoms with van der Waals surface area (Å²) in [6.45, 7) is 9.75. The standard InChI is InChI=1S/C17H35P/c1-5-15-8-7-13(3)11-17(15)12-16(6-2)14(4)9-10-18/h13-17H,5-12,18H2,1-4H3/t13-,14?,15+,16?,17?/m1/s1. The Bertz CT molecular complexity index is 214. The second kappa shape index (κ2) is 8.57. The molecule has 0 N–H and O–H groups in total. The summed E-state index contributed by atoms with van der Waals surface area (Å²) >= 11 is 0. The summed E-state index contributed by atoms with van der Waals surface area (Å²) in [5, 5.41) is 0. The van der Waals surface area contributed by atoms with Crippen molar-refractivity contribution in [2.75, 3.05) is 6.16 Å². The van der Waals surface area contributed by atoms with Gasteiger partial charge in [-0.2, -0.15) is 0 Å². The molecule has 0 heterocycles. The van der Waals surface area contributed by atoms with E-state index in [1.54, 1.807) is 0 Å². The van der Waals surface area contributed by atoms with Crippen molar-refractivity contribution < 1.29 is 0 Å². The van der Waals surface area contributed by atoms with Gasteiger partial charge in [-0.25, -0.2) is 0 Å². The Hall–Kier alpha value is 0.430. The largest absolute Gasteiger partial charge is 0.138 e. The molecule has 0 spiro atoms. The summed E-state index contributed by atoms with van der Waals surface area (Å²) in [5.41, 5.74) is 0. The maximum absolute atomic E-state index is 2.90. The van der Waals surface area contributed by atoms with E-state index in [9.17, 15) is 0 Å². The molecule has 0 aromatic heterocycles. The third-order valence-electron chi connectivity index (χ3n) is 5.48. The van der Waals surface area contributed by atoms with E-state index >= 15 is 0 Å². The zero-order valence-electron chi connectivity index (χ0n) is 13.1. The lowest BCUT2D eigenvalue weighted by Gasteiger charge is -2.37. The van der Waals surface area contributed by atoms with Crippen LogP contribution in [0.2, 0.25) is 0 Å². The lowest BCUT2D eigenvalue weighted by Crippen LogP contribution is -2.27. The topological polar surface area (TPSA) is 0 Å². The minimum absolute atomic E-state index is 0.919. The highest BCUT2D eigenvalue weighted by atomic mass is 31.0. The highest BCUT2D eigenvalue weighted by Crippen LogP contribution is 2.41. The molecule has 0 aliphatic heterocycles. The number of hydrogen-bond acceptors (Lipinski definition) is 0. The highest BCUT2D eigenvalue weighted by Gasteiger charge is 2.30. The van der Waals surface area contributed by atoms with Gasteiger partial charge in [-0.1, -0.05) is 47.0 Å². The molecule has 0 saturated heterocycles. The predicted octanol–water partition coefficient (Wildman–Crippen LogP) is 5.77. The highest BCUT2D eigenvalue weighted by molar-refractivity contribution is 7.16. The van der Waals surface area contributed by atoms with E-state index in [1.807, 2.05) is 0 Å². The Morgan fingerprint density at radius 1 is 1.17 bits per heavy atom. The van der Waals surface area contributed by atoms with Gasteiger partial charge in [0.15, 0.2) is 0 Å². The van der Waals surface area contributed by atoms with Gasteiger partial charge in [-0.05, 0) is 61.4 Å². The van der Waals surface area contributed by atoms with Crippen molar-refractivity contribution in [2.45, 2.75) is 72.6 Å². The van der Waals surface area contributed by atoms with Crippen molar-refractivity contribution in [2.24, 2.45) is 29.6 Å². The fourth-order valence-corrected chi connectivity index (χ4v) is 4.60. The van der Waals surface area contributed by atoms with Crippen molar-refractivity contribution in [1.29, 1.82) is 0 Å². The van der Waals surface area contributed by atoms with E-state index in [2.05, 4.69) is 36.9 Å². The van der Waals surface area contributed by atoms with Crippen LogP contribution in [0.5, 0.6) is 0 Å². The monoisotopic (exact) mass is 270 g/mol. The first kappa shape index (κ1) is 16.5. The van der Waals surface area contributed by atoms with Crippen molar-refractivity contribution in [3.05, 3.63) is 0 Å². The molecule has 108 valence electrons. The minimum Gasteiger partial charge on any atom is -0.138 e. The molecule has 4 unspecified atom stereocenters. The molecule has 1 heteroatoms. The predicted molar refractivity (Wildman–Crippen MR) is 87.0 cm³/mol. The first-order valence-corrected chi connectivity index (χ1v) is 9.13. The average Bonchev–Trinajstić information content (AvgIpc) is 2.36. The number of rotatable bonds is 7. The van der Waals surface area contributed by atoms with Gasteiger partial charge in [0.2, 0.25) is 0 Å². The van der Waals surface area contributed by atoms with Crippen molar-refractivity contribution in [3.8, 4) is 0 Å². The second-order valence-corrected chi connectivity index (χ2v) is 7.38. The summed E-state index contributed by atoms with van der Waals surface area (Å²) in [6.07, 6.45) is 11.4. The van der Waals surface area contributed by atoms with Crippen LogP contribution in [0, 0.1) is 29.6 Å². The molecule has 0 aromatic carbocycles. The van der Waals surface area contributed by atoms with E-state index in [1.165, 1.54) is 51.1 Å². The zero-order chi connectivity index (χ0) is 13.5. The van der Waals surface area contributed by atoms with E-state index in [0.29, 0.717) is 0 Å². The fourth-order valence-electron chi connectivity index (χ4n) is 4.08. The summed E-state index contributed by atoms with van der Waals surface area (Å²) in [7, 11) is 2.90. The Morgan fingerprint density at radius 2 is 1.89 bits per heavy atom. The van der Waals surface area contributed by atoms with Gasteiger partial charge in [0.1, 0.15) is 0 Å². The minimum atomic E-state index is 0.919. The van der Waals surface area contributed by atoms with Gasteiger partial charge in [0, 0.05) is 0 Å². The van der Waals surface area contributed by atoms with E-state index < -0.39 is 0 Å².